The number of aromatic amines is 1. The lowest BCUT2D eigenvalue weighted by atomic mass is 10.1. The molecular weight excluding hydrogens is 242 g/mol. The van der Waals surface area contributed by atoms with E-state index >= 15 is 0 Å². The van der Waals surface area contributed by atoms with Gasteiger partial charge in [-0.2, -0.15) is 0 Å². The van der Waals surface area contributed by atoms with Crippen LogP contribution in [-0.2, 0) is 17.8 Å². The van der Waals surface area contributed by atoms with E-state index in [1.807, 2.05) is 31.2 Å². The number of rotatable bonds is 6. The topological polar surface area (TPSA) is 78.0 Å². The Hall–Kier alpha value is -2.14. The second-order valence-electron chi connectivity index (χ2n) is 4.48. The molecular formula is C14H17N3O2. The summed E-state index contributed by atoms with van der Waals surface area (Å²) in [6.45, 7) is 2.56. The molecule has 19 heavy (non-hydrogen) atoms. The number of H-pyrrole nitrogens is 1. The van der Waals surface area contributed by atoms with Gasteiger partial charge in [-0.05, 0) is 18.1 Å². The number of imidazole rings is 1. The van der Waals surface area contributed by atoms with Crippen LogP contribution in [0.3, 0.4) is 0 Å². The fraction of sp³-hybridized carbons (Fsp3) is 0.286. The van der Waals surface area contributed by atoms with Gasteiger partial charge in [0, 0.05) is 24.9 Å². The summed E-state index contributed by atoms with van der Waals surface area (Å²) in [6.07, 6.45) is 3.59. The Bertz CT molecular complexity index is 537. The van der Waals surface area contributed by atoms with Crippen molar-refractivity contribution < 1.29 is 9.90 Å². The lowest BCUT2D eigenvalue weighted by Gasteiger charge is -2.14. The number of carbonyl (C=O) groups is 1. The van der Waals surface area contributed by atoms with Gasteiger partial charge in [-0.3, -0.25) is 10.1 Å². The van der Waals surface area contributed by atoms with Crippen molar-refractivity contribution in [1.82, 2.24) is 15.3 Å². The number of hydrogen-bond donors (Lipinski definition) is 3. The van der Waals surface area contributed by atoms with Gasteiger partial charge in [-0.25, -0.2) is 4.98 Å². The Morgan fingerprint density at radius 3 is 2.89 bits per heavy atom. The van der Waals surface area contributed by atoms with Gasteiger partial charge in [0.2, 0.25) is 0 Å². The second kappa shape index (κ2) is 6.15. The summed E-state index contributed by atoms with van der Waals surface area (Å²) in [6, 6.07) is 7.31. The first kappa shape index (κ1) is 13.3. The molecule has 0 radical (unpaired) electrons. The molecule has 1 aromatic heterocycles. The highest BCUT2D eigenvalue weighted by molar-refractivity contribution is 5.73. The molecule has 0 spiro atoms. The minimum Gasteiger partial charge on any atom is -0.480 e. The molecule has 1 heterocycles. The zero-order valence-corrected chi connectivity index (χ0v) is 10.8. The van der Waals surface area contributed by atoms with Crippen LogP contribution < -0.4 is 5.32 Å². The van der Waals surface area contributed by atoms with E-state index in [9.17, 15) is 9.90 Å². The molecule has 1 atom stereocenters. The third-order valence-electron chi connectivity index (χ3n) is 3.08. The Morgan fingerprint density at radius 2 is 2.26 bits per heavy atom. The molecule has 0 aliphatic heterocycles. The van der Waals surface area contributed by atoms with Crippen molar-refractivity contribution in [1.29, 1.82) is 0 Å². The van der Waals surface area contributed by atoms with Crippen LogP contribution >= 0.6 is 0 Å². The summed E-state index contributed by atoms with van der Waals surface area (Å²) in [7, 11) is 0. The molecule has 0 bridgehead atoms. The van der Waals surface area contributed by atoms with Crippen LogP contribution in [0.25, 0.3) is 0 Å². The van der Waals surface area contributed by atoms with Gasteiger partial charge in [-0.15, -0.1) is 0 Å². The van der Waals surface area contributed by atoms with Crippen molar-refractivity contribution in [3.8, 4) is 0 Å². The molecule has 0 aliphatic carbocycles. The number of nitrogens with one attached hydrogen (secondary N) is 2. The smallest absolute Gasteiger partial charge is 0.321 e. The number of carboxylic acid groups (broad SMARTS) is 1. The summed E-state index contributed by atoms with van der Waals surface area (Å²) in [5.74, 6) is -0.858. The Morgan fingerprint density at radius 1 is 1.47 bits per heavy atom. The average molecular weight is 259 g/mol. The van der Waals surface area contributed by atoms with Crippen LogP contribution in [0.5, 0.6) is 0 Å². The van der Waals surface area contributed by atoms with Gasteiger partial charge < -0.3 is 10.1 Å². The minimum absolute atomic E-state index is 0.390. The highest BCUT2D eigenvalue weighted by Crippen LogP contribution is 2.07. The minimum atomic E-state index is -0.858. The van der Waals surface area contributed by atoms with Crippen LogP contribution in [0.15, 0.2) is 36.8 Å². The number of aliphatic carboxylic acids is 1. The van der Waals surface area contributed by atoms with Gasteiger partial charge in [0.1, 0.15) is 6.04 Å². The van der Waals surface area contributed by atoms with Gasteiger partial charge in [0.25, 0.3) is 0 Å². The van der Waals surface area contributed by atoms with Crippen molar-refractivity contribution >= 4 is 5.97 Å². The first-order valence-corrected chi connectivity index (χ1v) is 6.15. The SMILES string of the molecule is Cc1ccccc1CNC(Cc1cnc[nH]1)C(=O)O. The molecule has 2 aromatic rings. The Balaban J connectivity index is 1.98. The van der Waals surface area contributed by atoms with Crippen LogP contribution in [0.1, 0.15) is 16.8 Å². The fourth-order valence-electron chi connectivity index (χ4n) is 1.90. The molecule has 0 saturated carbocycles. The first-order chi connectivity index (χ1) is 9.16. The lowest BCUT2D eigenvalue weighted by Crippen LogP contribution is -2.38. The third-order valence-corrected chi connectivity index (χ3v) is 3.08. The number of aryl methyl sites for hydroxylation is 1. The lowest BCUT2D eigenvalue weighted by molar-refractivity contribution is -0.139. The van der Waals surface area contributed by atoms with E-state index in [0.29, 0.717) is 13.0 Å². The average Bonchev–Trinajstić information content (AvgIpc) is 2.88. The van der Waals surface area contributed by atoms with Gasteiger partial charge >= 0.3 is 5.97 Å². The van der Waals surface area contributed by atoms with Crippen molar-refractivity contribution in [3.63, 3.8) is 0 Å². The van der Waals surface area contributed by atoms with Crippen molar-refractivity contribution in [3.05, 3.63) is 53.6 Å². The first-order valence-electron chi connectivity index (χ1n) is 6.15. The zero-order valence-electron chi connectivity index (χ0n) is 10.8. The van der Waals surface area contributed by atoms with Crippen LogP contribution in [-0.4, -0.2) is 27.1 Å². The highest BCUT2D eigenvalue weighted by Gasteiger charge is 2.18. The molecule has 3 N–H and O–H groups in total. The molecule has 2 rings (SSSR count). The summed E-state index contributed by atoms with van der Waals surface area (Å²) in [4.78, 5) is 18.0. The Labute approximate surface area is 111 Å². The van der Waals surface area contributed by atoms with Gasteiger partial charge in [0.15, 0.2) is 0 Å². The fourth-order valence-corrected chi connectivity index (χ4v) is 1.90. The summed E-state index contributed by atoms with van der Waals surface area (Å²) < 4.78 is 0. The molecule has 100 valence electrons. The summed E-state index contributed by atoms with van der Waals surface area (Å²) in [5, 5.41) is 12.3. The maximum absolute atomic E-state index is 11.2. The van der Waals surface area contributed by atoms with E-state index in [-0.39, 0.29) is 0 Å². The quantitative estimate of drug-likeness (QED) is 0.734. The monoisotopic (exact) mass is 259 g/mol. The predicted molar refractivity (Wildman–Crippen MR) is 71.7 cm³/mol. The molecule has 0 fully saturated rings. The van der Waals surface area contributed by atoms with Crippen LogP contribution in [0.2, 0.25) is 0 Å². The van der Waals surface area contributed by atoms with E-state index in [0.717, 1.165) is 16.8 Å². The molecule has 0 saturated heterocycles. The molecule has 0 amide bonds. The molecule has 1 aromatic carbocycles. The van der Waals surface area contributed by atoms with Crippen molar-refractivity contribution in [2.45, 2.75) is 25.9 Å². The van der Waals surface area contributed by atoms with E-state index in [1.54, 1.807) is 12.5 Å². The largest absolute Gasteiger partial charge is 0.480 e. The number of carboxylic acids is 1. The molecule has 0 aliphatic rings. The van der Waals surface area contributed by atoms with E-state index in [4.69, 9.17) is 0 Å². The maximum Gasteiger partial charge on any atom is 0.321 e. The standard InChI is InChI=1S/C14H17N3O2/c1-10-4-2-3-5-11(10)7-16-13(14(18)19)6-12-8-15-9-17-12/h2-5,8-9,13,16H,6-7H2,1H3,(H,15,17)(H,18,19). The number of nitrogens with zero attached hydrogens (tertiary/aromatic N) is 1. The molecule has 5 nitrogen and oxygen atoms in total. The summed E-state index contributed by atoms with van der Waals surface area (Å²) in [5.41, 5.74) is 3.07. The van der Waals surface area contributed by atoms with Crippen LogP contribution in [0, 0.1) is 6.92 Å². The van der Waals surface area contributed by atoms with E-state index < -0.39 is 12.0 Å². The van der Waals surface area contributed by atoms with Crippen molar-refractivity contribution in [2.24, 2.45) is 0 Å². The van der Waals surface area contributed by atoms with Crippen LogP contribution in [0.4, 0.5) is 0 Å². The van der Waals surface area contributed by atoms with Gasteiger partial charge in [0.05, 0.1) is 6.33 Å². The maximum atomic E-state index is 11.2. The number of benzene rings is 1. The second-order valence-corrected chi connectivity index (χ2v) is 4.48. The number of hydrogen-bond acceptors (Lipinski definition) is 3. The van der Waals surface area contributed by atoms with E-state index in [1.165, 1.54) is 0 Å². The summed E-state index contributed by atoms with van der Waals surface area (Å²) >= 11 is 0. The normalized spacial score (nSPS) is 12.3. The van der Waals surface area contributed by atoms with E-state index in [2.05, 4.69) is 15.3 Å². The predicted octanol–water partition coefficient (Wildman–Crippen LogP) is 1.50. The highest BCUT2D eigenvalue weighted by atomic mass is 16.4. The van der Waals surface area contributed by atoms with Gasteiger partial charge in [-0.1, -0.05) is 24.3 Å². The zero-order chi connectivity index (χ0) is 13.7. The van der Waals surface area contributed by atoms with Crippen molar-refractivity contribution in [2.75, 3.05) is 0 Å². The number of aromatic nitrogens is 2. The Kier molecular flexibility index (Phi) is 4.30. The third kappa shape index (κ3) is 3.66. The molecule has 5 heteroatoms. The molecule has 1 unspecified atom stereocenters.